The summed E-state index contributed by atoms with van der Waals surface area (Å²) in [6.45, 7) is 0. The molecule has 0 aliphatic carbocycles. The highest BCUT2D eigenvalue weighted by atomic mass is 35.5. The van der Waals surface area contributed by atoms with E-state index in [9.17, 15) is 0 Å². The molecule has 0 bridgehead atoms. The summed E-state index contributed by atoms with van der Waals surface area (Å²) in [5.74, 6) is 0.929. The first-order valence-electron chi connectivity index (χ1n) is 8.72. The van der Waals surface area contributed by atoms with Crippen LogP contribution in [-0.4, -0.2) is 10.7 Å². The highest BCUT2D eigenvalue weighted by Gasteiger charge is 2.40. The molecule has 0 unspecified atom stereocenters. The molecule has 0 saturated heterocycles. The Bertz CT molecular complexity index is 969. The fourth-order valence-corrected chi connectivity index (χ4v) is 3.81. The van der Waals surface area contributed by atoms with Gasteiger partial charge in [0.25, 0.3) is 0 Å². The Morgan fingerprint density at radius 1 is 0.885 bits per heavy atom. The first-order valence-corrected chi connectivity index (χ1v) is 9.10. The minimum absolute atomic E-state index is 0.177. The maximum atomic E-state index is 6.33. The third-order valence-electron chi connectivity index (χ3n) is 4.96. The van der Waals surface area contributed by atoms with Gasteiger partial charge in [0, 0.05) is 22.6 Å². The van der Waals surface area contributed by atoms with Crippen LogP contribution in [0.4, 0.5) is 0 Å². The lowest BCUT2D eigenvalue weighted by atomic mass is 9.96. The molecule has 0 fully saturated rings. The SMILES string of the molecule is Clc1ccc([C@H]2Oc3ccccc3[C@H]3CC(c4ccccc4)=NN32)cc1. The zero-order valence-electron chi connectivity index (χ0n) is 14.0. The number of ether oxygens (including phenoxy) is 1. The van der Waals surface area contributed by atoms with E-state index >= 15 is 0 Å². The Morgan fingerprint density at radius 2 is 1.62 bits per heavy atom. The maximum absolute atomic E-state index is 6.33. The topological polar surface area (TPSA) is 24.8 Å². The molecule has 3 aromatic rings. The molecule has 0 saturated carbocycles. The molecule has 2 atom stereocenters. The molecule has 0 amide bonds. The number of para-hydroxylation sites is 1. The Morgan fingerprint density at radius 3 is 2.42 bits per heavy atom. The third-order valence-corrected chi connectivity index (χ3v) is 5.21. The molecule has 3 aromatic carbocycles. The number of benzene rings is 3. The lowest BCUT2D eigenvalue weighted by Gasteiger charge is -2.38. The monoisotopic (exact) mass is 360 g/mol. The van der Waals surface area contributed by atoms with E-state index < -0.39 is 0 Å². The standard InChI is InChI=1S/C22H17ClN2O/c23-17-12-10-16(11-13-17)22-25-20(18-8-4-5-9-21(18)26-22)14-19(24-25)15-6-2-1-3-7-15/h1-13,20,22H,14H2/t20-,22-/m1/s1. The molecule has 2 aliphatic heterocycles. The minimum atomic E-state index is -0.256. The van der Waals surface area contributed by atoms with Crippen LogP contribution < -0.4 is 4.74 Å². The number of hydrazone groups is 1. The second-order valence-electron chi connectivity index (χ2n) is 6.57. The predicted octanol–water partition coefficient (Wildman–Crippen LogP) is 5.58. The second-order valence-corrected chi connectivity index (χ2v) is 7.01. The van der Waals surface area contributed by atoms with Crippen LogP contribution in [0.1, 0.15) is 35.4 Å². The van der Waals surface area contributed by atoms with Gasteiger partial charge < -0.3 is 4.74 Å². The van der Waals surface area contributed by atoms with Gasteiger partial charge in [0.15, 0.2) is 0 Å². The number of halogens is 1. The summed E-state index contributed by atoms with van der Waals surface area (Å²) in [7, 11) is 0. The van der Waals surface area contributed by atoms with Gasteiger partial charge in [-0.05, 0) is 23.8 Å². The van der Waals surface area contributed by atoms with Gasteiger partial charge in [-0.2, -0.15) is 5.10 Å². The van der Waals surface area contributed by atoms with E-state index in [2.05, 4.69) is 41.4 Å². The number of hydrogen-bond donors (Lipinski definition) is 0. The second kappa shape index (κ2) is 6.19. The van der Waals surface area contributed by atoms with Gasteiger partial charge in [-0.3, -0.25) is 0 Å². The number of rotatable bonds is 2. The number of nitrogens with zero attached hydrogens (tertiary/aromatic N) is 2. The molecule has 2 aliphatic rings. The number of hydrogen-bond acceptors (Lipinski definition) is 3. The Hall–Kier alpha value is -2.78. The van der Waals surface area contributed by atoms with Gasteiger partial charge in [-0.25, -0.2) is 5.01 Å². The lowest BCUT2D eigenvalue weighted by Crippen LogP contribution is -2.33. The zero-order valence-corrected chi connectivity index (χ0v) is 14.8. The van der Waals surface area contributed by atoms with Gasteiger partial charge in [0.1, 0.15) is 5.75 Å². The van der Waals surface area contributed by atoms with Crippen LogP contribution in [0.25, 0.3) is 0 Å². The van der Waals surface area contributed by atoms with Crippen LogP contribution in [0.2, 0.25) is 5.02 Å². The fraction of sp³-hybridized carbons (Fsp3) is 0.136. The quantitative estimate of drug-likeness (QED) is 0.595. The molecule has 4 heteroatoms. The van der Waals surface area contributed by atoms with Crippen LogP contribution in [0.15, 0.2) is 84.0 Å². The first-order chi connectivity index (χ1) is 12.8. The molecule has 0 spiro atoms. The van der Waals surface area contributed by atoms with Crippen molar-refractivity contribution in [2.45, 2.75) is 18.7 Å². The van der Waals surface area contributed by atoms with Gasteiger partial charge in [0.05, 0.1) is 11.8 Å². The molecule has 2 heterocycles. The summed E-state index contributed by atoms with van der Waals surface area (Å²) in [6, 6.07) is 26.6. The Kier molecular flexibility index (Phi) is 3.68. The molecule has 128 valence electrons. The van der Waals surface area contributed by atoms with Gasteiger partial charge >= 0.3 is 0 Å². The van der Waals surface area contributed by atoms with E-state index in [0.717, 1.165) is 34.0 Å². The largest absolute Gasteiger partial charge is 0.464 e. The van der Waals surface area contributed by atoms with E-state index in [1.165, 1.54) is 5.56 Å². The van der Waals surface area contributed by atoms with Crippen molar-refractivity contribution in [3.8, 4) is 5.75 Å². The van der Waals surface area contributed by atoms with Crippen LogP contribution in [0.5, 0.6) is 5.75 Å². The number of fused-ring (bicyclic) bond motifs is 3. The van der Waals surface area contributed by atoms with E-state index in [1.807, 2.05) is 42.5 Å². The highest BCUT2D eigenvalue weighted by molar-refractivity contribution is 6.30. The predicted molar refractivity (Wildman–Crippen MR) is 103 cm³/mol. The average molecular weight is 361 g/mol. The van der Waals surface area contributed by atoms with Crippen molar-refractivity contribution in [2.75, 3.05) is 0 Å². The van der Waals surface area contributed by atoms with Gasteiger partial charge in [-0.15, -0.1) is 0 Å². The normalized spacial score (nSPS) is 20.8. The van der Waals surface area contributed by atoms with Crippen molar-refractivity contribution in [1.29, 1.82) is 0 Å². The van der Waals surface area contributed by atoms with E-state index in [-0.39, 0.29) is 12.3 Å². The molecular formula is C22H17ClN2O. The van der Waals surface area contributed by atoms with Crippen LogP contribution >= 0.6 is 11.6 Å². The van der Waals surface area contributed by atoms with Crippen molar-refractivity contribution in [3.63, 3.8) is 0 Å². The van der Waals surface area contributed by atoms with E-state index in [1.54, 1.807) is 0 Å². The van der Waals surface area contributed by atoms with Crippen LogP contribution in [-0.2, 0) is 0 Å². The highest BCUT2D eigenvalue weighted by Crippen LogP contribution is 2.47. The smallest absolute Gasteiger partial charge is 0.213 e. The maximum Gasteiger partial charge on any atom is 0.213 e. The summed E-state index contributed by atoms with van der Waals surface area (Å²) < 4.78 is 6.33. The van der Waals surface area contributed by atoms with Crippen LogP contribution in [0.3, 0.4) is 0 Å². The first kappa shape index (κ1) is 15.5. The Labute approximate surface area is 157 Å². The molecule has 0 radical (unpaired) electrons. The molecule has 0 aromatic heterocycles. The third kappa shape index (κ3) is 2.56. The lowest BCUT2D eigenvalue weighted by molar-refractivity contribution is -0.0190. The molecule has 3 nitrogen and oxygen atoms in total. The van der Waals surface area contributed by atoms with Crippen molar-refractivity contribution in [1.82, 2.24) is 5.01 Å². The summed E-state index contributed by atoms with van der Waals surface area (Å²) in [5.41, 5.74) is 4.49. The average Bonchev–Trinajstić information content (AvgIpc) is 3.14. The molecule has 5 rings (SSSR count). The summed E-state index contributed by atoms with van der Waals surface area (Å²) in [5, 5.41) is 7.76. The molecular weight excluding hydrogens is 344 g/mol. The van der Waals surface area contributed by atoms with Crippen molar-refractivity contribution < 1.29 is 4.74 Å². The summed E-state index contributed by atoms with van der Waals surface area (Å²) >= 11 is 6.06. The summed E-state index contributed by atoms with van der Waals surface area (Å²) in [6.07, 6.45) is 0.613. The fourth-order valence-electron chi connectivity index (χ4n) is 3.69. The molecule has 0 N–H and O–H groups in total. The van der Waals surface area contributed by atoms with Gasteiger partial charge in [0.2, 0.25) is 6.23 Å². The zero-order chi connectivity index (χ0) is 17.5. The van der Waals surface area contributed by atoms with Crippen LogP contribution in [0, 0.1) is 0 Å². The van der Waals surface area contributed by atoms with E-state index in [4.69, 9.17) is 21.4 Å². The van der Waals surface area contributed by atoms with Crippen molar-refractivity contribution in [3.05, 3.63) is 101 Å². The van der Waals surface area contributed by atoms with Crippen molar-refractivity contribution in [2.24, 2.45) is 5.10 Å². The molecule has 26 heavy (non-hydrogen) atoms. The van der Waals surface area contributed by atoms with E-state index in [0.29, 0.717) is 0 Å². The van der Waals surface area contributed by atoms with Gasteiger partial charge in [-0.1, -0.05) is 72.3 Å². The minimum Gasteiger partial charge on any atom is -0.464 e. The van der Waals surface area contributed by atoms with Crippen molar-refractivity contribution >= 4 is 17.3 Å². The summed E-state index contributed by atoms with van der Waals surface area (Å²) in [4.78, 5) is 0. The Balaban J connectivity index is 1.60.